The molecule has 5 heteroatoms. The van der Waals surface area contributed by atoms with E-state index >= 15 is 0 Å². The van der Waals surface area contributed by atoms with Crippen LogP contribution in [0.1, 0.15) is 18.4 Å². The minimum atomic E-state index is -0.0000912. The lowest BCUT2D eigenvalue weighted by Crippen LogP contribution is -2.45. The molecule has 0 saturated carbocycles. The second kappa shape index (κ2) is 7.88. The highest BCUT2D eigenvalue weighted by Crippen LogP contribution is 2.16. The normalized spacial score (nSPS) is 15.8. The largest absolute Gasteiger partial charge is 0.497 e. The molecule has 5 nitrogen and oxygen atoms in total. The molecule has 1 aliphatic rings. The molecule has 0 aromatic heterocycles. The Morgan fingerprint density at radius 2 is 2.00 bits per heavy atom. The number of nitrogens with zero attached hydrogens (tertiary/aromatic N) is 1. The number of hydrogen-bond donors (Lipinski definition) is 2. The Labute approximate surface area is 125 Å². The van der Waals surface area contributed by atoms with Gasteiger partial charge < -0.3 is 20.1 Å². The van der Waals surface area contributed by atoms with E-state index in [1.807, 2.05) is 29.2 Å². The third-order valence-corrected chi connectivity index (χ3v) is 4.01. The molecular formula is C16H24N2O3. The number of hydrogen-bond acceptors (Lipinski definition) is 3. The molecule has 116 valence electrons. The first kappa shape index (κ1) is 15.6. The smallest absolute Gasteiger partial charge is 0.317 e. The van der Waals surface area contributed by atoms with Crippen molar-refractivity contribution in [1.82, 2.24) is 10.2 Å². The number of rotatable bonds is 5. The van der Waals surface area contributed by atoms with E-state index in [1.54, 1.807) is 7.11 Å². The second-order valence-electron chi connectivity index (χ2n) is 5.44. The number of nitrogens with one attached hydrogen (secondary N) is 1. The van der Waals surface area contributed by atoms with Gasteiger partial charge in [0.15, 0.2) is 0 Å². The van der Waals surface area contributed by atoms with Crippen LogP contribution >= 0.6 is 0 Å². The fraction of sp³-hybridized carbons (Fsp3) is 0.562. The van der Waals surface area contributed by atoms with Gasteiger partial charge >= 0.3 is 6.03 Å². The number of benzene rings is 1. The average molecular weight is 292 g/mol. The summed E-state index contributed by atoms with van der Waals surface area (Å²) in [6.07, 6.45) is 2.59. The monoisotopic (exact) mass is 292 g/mol. The zero-order valence-corrected chi connectivity index (χ0v) is 12.5. The highest BCUT2D eigenvalue weighted by Gasteiger charge is 2.21. The third kappa shape index (κ3) is 4.63. The van der Waals surface area contributed by atoms with Crippen molar-refractivity contribution in [2.24, 2.45) is 5.92 Å². The van der Waals surface area contributed by atoms with Gasteiger partial charge in [0, 0.05) is 26.2 Å². The number of aliphatic hydroxyl groups is 1. The van der Waals surface area contributed by atoms with E-state index in [9.17, 15) is 4.79 Å². The summed E-state index contributed by atoms with van der Waals surface area (Å²) in [6, 6.07) is 7.88. The highest BCUT2D eigenvalue weighted by molar-refractivity contribution is 5.74. The van der Waals surface area contributed by atoms with Crippen molar-refractivity contribution in [2.75, 3.05) is 33.4 Å². The minimum absolute atomic E-state index is 0.0000912. The van der Waals surface area contributed by atoms with Crippen LogP contribution in [0.15, 0.2) is 24.3 Å². The molecule has 21 heavy (non-hydrogen) atoms. The number of amides is 2. The van der Waals surface area contributed by atoms with Gasteiger partial charge in [0.1, 0.15) is 5.75 Å². The standard InChI is InChI=1S/C16H24N2O3/c1-21-15-4-2-13(3-5-15)6-9-17-16(20)18-10-7-14(12-19)8-11-18/h2-5,14,19H,6-12H2,1H3,(H,17,20). The van der Waals surface area contributed by atoms with E-state index < -0.39 is 0 Å². The summed E-state index contributed by atoms with van der Waals surface area (Å²) in [6.45, 7) is 2.33. The molecule has 0 atom stereocenters. The van der Waals surface area contributed by atoms with E-state index in [-0.39, 0.29) is 12.6 Å². The van der Waals surface area contributed by atoms with Crippen LogP contribution in [0.3, 0.4) is 0 Å². The lowest BCUT2D eigenvalue weighted by atomic mass is 9.98. The molecule has 1 aliphatic heterocycles. The van der Waals surface area contributed by atoms with Gasteiger partial charge in [0.05, 0.1) is 7.11 Å². The van der Waals surface area contributed by atoms with Gasteiger partial charge in [-0.15, -0.1) is 0 Å². The van der Waals surface area contributed by atoms with Crippen molar-refractivity contribution >= 4 is 6.03 Å². The molecular weight excluding hydrogens is 268 g/mol. The minimum Gasteiger partial charge on any atom is -0.497 e. The lowest BCUT2D eigenvalue weighted by molar-refractivity contribution is 0.137. The Hall–Kier alpha value is -1.75. The fourth-order valence-corrected chi connectivity index (χ4v) is 2.54. The number of carbonyl (C=O) groups is 1. The van der Waals surface area contributed by atoms with Gasteiger partial charge in [0.25, 0.3) is 0 Å². The molecule has 1 saturated heterocycles. The molecule has 0 unspecified atom stereocenters. The van der Waals surface area contributed by atoms with Gasteiger partial charge in [-0.05, 0) is 42.9 Å². The molecule has 1 fully saturated rings. The van der Waals surface area contributed by atoms with Crippen molar-refractivity contribution < 1.29 is 14.6 Å². The molecule has 2 amide bonds. The zero-order chi connectivity index (χ0) is 15.1. The van der Waals surface area contributed by atoms with Gasteiger partial charge in [-0.2, -0.15) is 0 Å². The summed E-state index contributed by atoms with van der Waals surface area (Å²) in [5, 5.41) is 12.0. The first-order chi connectivity index (χ1) is 10.2. The van der Waals surface area contributed by atoms with Crippen molar-refractivity contribution in [3.8, 4) is 5.75 Å². The molecule has 0 spiro atoms. The van der Waals surface area contributed by atoms with Crippen LogP contribution in [0.2, 0.25) is 0 Å². The van der Waals surface area contributed by atoms with Crippen LogP contribution in [0, 0.1) is 5.92 Å². The summed E-state index contributed by atoms with van der Waals surface area (Å²) in [4.78, 5) is 13.8. The molecule has 1 aromatic rings. The number of urea groups is 1. The zero-order valence-electron chi connectivity index (χ0n) is 12.5. The Kier molecular flexibility index (Phi) is 5.87. The molecule has 0 bridgehead atoms. The molecule has 2 rings (SSSR count). The van der Waals surface area contributed by atoms with Crippen LogP contribution in [0.25, 0.3) is 0 Å². The van der Waals surface area contributed by atoms with Gasteiger partial charge in [-0.3, -0.25) is 0 Å². The second-order valence-corrected chi connectivity index (χ2v) is 5.44. The quantitative estimate of drug-likeness (QED) is 0.867. The van der Waals surface area contributed by atoms with Crippen molar-refractivity contribution in [2.45, 2.75) is 19.3 Å². The fourth-order valence-electron chi connectivity index (χ4n) is 2.54. The first-order valence-electron chi connectivity index (χ1n) is 7.49. The summed E-state index contributed by atoms with van der Waals surface area (Å²) < 4.78 is 5.11. The molecule has 0 radical (unpaired) electrons. The summed E-state index contributed by atoms with van der Waals surface area (Å²) in [7, 11) is 1.65. The van der Waals surface area contributed by atoms with E-state index in [0.29, 0.717) is 12.5 Å². The maximum Gasteiger partial charge on any atom is 0.317 e. The predicted octanol–water partition coefficient (Wildman–Crippen LogP) is 1.65. The number of carbonyl (C=O) groups excluding carboxylic acids is 1. The molecule has 1 heterocycles. The van der Waals surface area contributed by atoms with Crippen molar-refractivity contribution in [3.05, 3.63) is 29.8 Å². The lowest BCUT2D eigenvalue weighted by Gasteiger charge is -2.31. The number of methoxy groups -OCH3 is 1. The van der Waals surface area contributed by atoms with E-state index in [0.717, 1.165) is 38.1 Å². The summed E-state index contributed by atoms with van der Waals surface area (Å²) in [5.74, 6) is 1.20. The first-order valence-corrected chi connectivity index (χ1v) is 7.49. The Morgan fingerprint density at radius 3 is 2.57 bits per heavy atom. The predicted molar refractivity (Wildman–Crippen MR) is 81.5 cm³/mol. The van der Waals surface area contributed by atoms with Crippen LogP contribution in [-0.2, 0) is 6.42 Å². The Morgan fingerprint density at radius 1 is 1.33 bits per heavy atom. The van der Waals surface area contributed by atoms with Crippen LogP contribution in [0.5, 0.6) is 5.75 Å². The van der Waals surface area contributed by atoms with Crippen LogP contribution in [0.4, 0.5) is 4.79 Å². The summed E-state index contributed by atoms with van der Waals surface area (Å²) in [5.41, 5.74) is 1.18. The molecule has 2 N–H and O–H groups in total. The van der Waals surface area contributed by atoms with Gasteiger partial charge in [0.2, 0.25) is 0 Å². The molecule has 1 aromatic carbocycles. The van der Waals surface area contributed by atoms with Crippen molar-refractivity contribution in [1.29, 1.82) is 0 Å². The number of ether oxygens (including phenoxy) is 1. The number of aliphatic hydroxyl groups excluding tert-OH is 1. The SMILES string of the molecule is COc1ccc(CCNC(=O)N2CCC(CO)CC2)cc1. The Bertz CT molecular complexity index is 439. The number of likely N-dealkylation sites (tertiary alicyclic amines) is 1. The molecule has 0 aliphatic carbocycles. The van der Waals surface area contributed by atoms with E-state index in [2.05, 4.69) is 5.32 Å². The van der Waals surface area contributed by atoms with Gasteiger partial charge in [-0.25, -0.2) is 4.79 Å². The van der Waals surface area contributed by atoms with E-state index in [4.69, 9.17) is 9.84 Å². The van der Waals surface area contributed by atoms with Crippen molar-refractivity contribution in [3.63, 3.8) is 0 Å². The van der Waals surface area contributed by atoms with Crippen LogP contribution in [-0.4, -0.2) is 49.4 Å². The van der Waals surface area contributed by atoms with Gasteiger partial charge in [-0.1, -0.05) is 12.1 Å². The number of piperidine rings is 1. The summed E-state index contributed by atoms with van der Waals surface area (Å²) >= 11 is 0. The highest BCUT2D eigenvalue weighted by atomic mass is 16.5. The van der Waals surface area contributed by atoms with Crippen LogP contribution < -0.4 is 10.1 Å². The maximum atomic E-state index is 12.0. The van der Waals surface area contributed by atoms with E-state index in [1.165, 1.54) is 5.56 Å². The topological polar surface area (TPSA) is 61.8 Å². The Balaban J connectivity index is 1.69. The maximum absolute atomic E-state index is 12.0. The average Bonchev–Trinajstić information content (AvgIpc) is 2.55. The third-order valence-electron chi connectivity index (χ3n) is 4.01.